The molecule has 164 valence electrons. The van der Waals surface area contributed by atoms with Gasteiger partial charge >= 0.3 is 0 Å². The summed E-state index contributed by atoms with van der Waals surface area (Å²) in [4.78, 5) is 13.0. The minimum absolute atomic E-state index is 0.283. The minimum atomic E-state index is -3.69. The van der Waals surface area contributed by atoms with Crippen molar-refractivity contribution in [2.75, 3.05) is 10.0 Å². The standard InChI is InChI=1S/C23H24N6O2S/c1-15-11-17(3)21(12-16(15)2)32(30,31)28-20-7-5-19(6-8-20)27-22-13-23(26-14-25-22)29-10-9-24-18(29)4/h5-14,28H,1-4H3,(H,25,26,27). The number of aromatic nitrogens is 4. The first-order valence-corrected chi connectivity index (χ1v) is 11.5. The van der Waals surface area contributed by atoms with Crippen LogP contribution >= 0.6 is 0 Å². The third-order valence-corrected chi connectivity index (χ3v) is 6.74. The average molecular weight is 449 g/mol. The van der Waals surface area contributed by atoms with Crippen LogP contribution in [0.5, 0.6) is 0 Å². The summed E-state index contributed by atoms with van der Waals surface area (Å²) in [7, 11) is -3.69. The van der Waals surface area contributed by atoms with Crippen LogP contribution in [0.3, 0.4) is 0 Å². The number of nitrogens with zero attached hydrogens (tertiary/aromatic N) is 4. The summed E-state index contributed by atoms with van der Waals surface area (Å²) < 4.78 is 30.3. The number of hydrogen-bond donors (Lipinski definition) is 2. The fourth-order valence-electron chi connectivity index (χ4n) is 3.37. The minimum Gasteiger partial charge on any atom is -0.340 e. The van der Waals surface area contributed by atoms with Gasteiger partial charge in [0.05, 0.1) is 4.90 Å². The molecule has 4 rings (SSSR count). The van der Waals surface area contributed by atoms with Crippen molar-refractivity contribution in [2.24, 2.45) is 0 Å². The second-order valence-electron chi connectivity index (χ2n) is 7.62. The van der Waals surface area contributed by atoms with E-state index in [0.717, 1.165) is 22.6 Å². The smallest absolute Gasteiger partial charge is 0.262 e. The van der Waals surface area contributed by atoms with Gasteiger partial charge in [0.15, 0.2) is 0 Å². The van der Waals surface area contributed by atoms with Crippen molar-refractivity contribution in [3.05, 3.63) is 83.7 Å². The van der Waals surface area contributed by atoms with Crippen LogP contribution in [0.4, 0.5) is 17.2 Å². The van der Waals surface area contributed by atoms with Crippen molar-refractivity contribution in [3.8, 4) is 5.82 Å². The van der Waals surface area contributed by atoms with Crippen LogP contribution in [0.1, 0.15) is 22.5 Å². The predicted octanol–water partition coefficient (Wildman–Crippen LogP) is 4.44. The molecule has 9 heteroatoms. The van der Waals surface area contributed by atoms with Gasteiger partial charge in [-0.05, 0) is 74.7 Å². The molecule has 0 fully saturated rings. The van der Waals surface area contributed by atoms with E-state index in [0.29, 0.717) is 22.9 Å². The van der Waals surface area contributed by atoms with Crippen molar-refractivity contribution < 1.29 is 8.42 Å². The summed E-state index contributed by atoms with van der Waals surface area (Å²) in [5.41, 5.74) is 3.96. The third-order valence-electron chi connectivity index (χ3n) is 5.22. The zero-order valence-corrected chi connectivity index (χ0v) is 19.1. The van der Waals surface area contributed by atoms with Crippen LogP contribution in [0, 0.1) is 27.7 Å². The van der Waals surface area contributed by atoms with E-state index in [9.17, 15) is 8.42 Å². The van der Waals surface area contributed by atoms with E-state index in [1.807, 2.05) is 43.7 Å². The van der Waals surface area contributed by atoms with Gasteiger partial charge in [-0.15, -0.1) is 0 Å². The summed E-state index contributed by atoms with van der Waals surface area (Å²) in [5.74, 6) is 2.14. The van der Waals surface area contributed by atoms with Crippen LogP contribution < -0.4 is 10.0 Å². The van der Waals surface area contributed by atoms with Crippen LogP contribution in [0.15, 0.2) is 66.1 Å². The highest BCUT2D eigenvalue weighted by molar-refractivity contribution is 7.92. The molecule has 0 amide bonds. The molecule has 32 heavy (non-hydrogen) atoms. The quantitative estimate of drug-likeness (QED) is 0.452. The van der Waals surface area contributed by atoms with E-state index in [1.165, 1.54) is 6.33 Å². The molecule has 8 nitrogen and oxygen atoms in total. The molecule has 0 saturated carbocycles. The largest absolute Gasteiger partial charge is 0.340 e. The van der Waals surface area contributed by atoms with Gasteiger partial charge in [-0.2, -0.15) is 0 Å². The second kappa shape index (κ2) is 8.43. The Morgan fingerprint density at radius 2 is 1.50 bits per heavy atom. The van der Waals surface area contributed by atoms with E-state index in [2.05, 4.69) is 25.0 Å². The molecule has 0 saturated heterocycles. The maximum Gasteiger partial charge on any atom is 0.262 e. The Morgan fingerprint density at radius 3 is 2.19 bits per heavy atom. The van der Waals surface area contributed by atoms with Gasteiger partial charge in [-0.25, -0.2) is 23.4 Å². The monoisotopic (exact) mass is 448 g/mol. The number of rotatable bonds is 6. The zero-order chi connectivity index (χ0) is 22.9. The molecule has 2 heterocycles. The molecule has 0 bridgehead atoms. The summed E-state index contributed by atoms with van der Waals surface area (Å²) >= 11 is 0. The Kier molecular flexibility index (Phi) is 5.67. The fraction of sp³-hybridized carbons (Fsp3) is 0.174. The predicted molar refractivity (Wildman–Crippen MR) is 125 cm³/mol. The lowest BCUT2D eigenvalue weighted by molar-refractivity contribution is 0.600. The van der Waals surface area contributed by atoms with Gasteiger partial charge < -0.3 is 5.32 Å². The second-order valence-corrected chi connectivity index (χ2v) is 9.27. The molecule has 2 N–H and O–H groups in total. The number of imidazole rings is 1. The van der Waals surface area contributed by atoms with Gasteiger partial charge in [-0.3, -0.25) is 9.29 Å². The maximum absolute atomic E-state index is 12.9. The molecular weight excluding hydrogens is 424 g/mol. The average Bonchev–Trinajstić information content (AvgIpc) is 3.18. The summed E-state index contributed by atoms with van der Waals surface area (Å²) in [6, 6.07) is 12.4. The fourth-order valence-corrected chi connectivity index (χ4v) is 4.74. The molecule has 0 atom stereocenters. The van der Waals surface area contributed by atoms with Crippen molar-refractivity contribution in [1.82, 2.24) is 19.5 Å². The molecule has 0 radical (unpaired) electrons. The topological polar surface area (TPSA) is 102 Å². The van der Waals surface area contributed by atoms with E-state index in [1.54, 1.807) is 43.5 Å². The molecule has 0 aliphatic rings. The van der Waals surface area contributed by atoms with Gasteiger partial charge in [0.1, 0.15) is 23.8 Å². The number of hydrogen-bond acceptors (Lipinski definition) is 6. The molecule has 0 unspecified atom stereocenters. The Morgan fingerprint density at radius 1 is 0.812 bits per heavy atom. The molecule has 0 aliphatic carbocycles. The lowest BCUT2D eigenvalue weighted by Gasteiger charge is -2.13. The molecule has 0 aliphatic heterocycles. The highest BCUT2D eigenvalue weighted by Gasteiger charge is 2.18. The number of aryl methyl sites for hydroxylation is 4. The molecule has 2 aromatic heterocycles. The van der Waals surface area contributed by atoms with E-state index < -0.39 is 10.0 Å². The highest BCUT2D eigenvalue weighted by atomic mass is 32.2. The number of nitrogens with one attached hydrogen (secondary N) is 2. The number of benzene rings is 2. The molecule has 0 spiro atoms. The Labute approximate surface area is 187 Å². The zero-order valence-electron chi connectivity index (χ0n) is 18.3. The van der Waals surface area contributed by atoms with Crippen LogP contribution in [0.2, 0.25) is 0 Å². The summed E-state index contributed by atoms with van der Waals surface area (Å²) in [6.07, 6.45) is 5.02. The summed E-state index contributed by atoms with van der Waals surface area (Å²) in [5, 5.41) is 3.21. The highest BCUT2D eigenvalue weighted by Crippen LogP contribution is 2.24. The van der Waals surface area contributed by atoms with Crippen LogP contribution in [-0.2, 0) is 10.0 Å². The van der Waals surface area contributed by atoms with E-state index in [-0.39, 0.29) is 4.90 Å². The Bertz CT molecular complexity index is 1380. The van der Waals surface area contributed by atoms with E-state index in [4.69, 9.17) is 0 Å². The Balaban J connectivity index is 1.51. The third kappa shape index (κ3) is 4.47. The lowest BCUT2D eigenvalue weighted by atomic mass is 10.1. The molecular formula is C23H24N6O2S. The number of sulfonamides is 1. The first-order valence-electron chi connectivity index (χ1n) is 10.0. The van der Waals surface area contributed by atoms with Crippen molar-refractivity contribution in [1.29, 1.82) is 0 Å². The maximum atomic E-state index is 12.9. The van der Waals surface area contributed by atoms with Gasteiger partial charge in [-0.1, -0.05) is 6.07 Å². The molecule has 2 aromatic carbocycles. The van der Waals surface area contributed by atoms with Gasteiger partial charge in [0.25, 0.3) is 10.0 Å². The van der Waals surface area contributed by atoms with Crippen molar-refractivity contribution >= 4 is 27.2 Å². The summed E-state index contributed by atoms with van der Waals surface area (Å²) in [6.45, 7) is 7.57. The first kappa shape index (κ1) is 21.5. The molecule has 4 aromatic rings. The van der Waals surface area contributed by atoms with Crippen molar-refractivity contribution in [2.45, 2.75) is 32.6 Å². The van der Waals surface area contributed by atoms with E-state index >= 15 is 0 Å². The van der Waals surface area contributed by atoms with Crippen LogP contribution in [0.25, 0.3) is 5.82 Å². The number of anilines is 3. The first-order chi connectivity index (χ1) is 15.2. The SMILES string of the molecule is Cc1cc(C)c(S(=O)(=O)Nc2ccc(Nc3cc(-n4ccnc4C)ncn3)cc2)cc1C. The normalized spacial score (nSPS) is 11.4. The Hall–Kier alpha value is -3.72. The van der Waals surface area contributed by atoms with Crippen LogP contribution in [-0.4, -0.2) is 27.9 Å². The van der Waals surface area contributed by atoms with Crippen molar-refractivity contribution in [3.63, 3.8) is 0 Å². The lowest BCUT2D eigenvalue weighted by Crippen LogP contribution is -2.14. The van der Waals surface area contributed by atoms with Gasteiger partial charge in [0, 0.05) is 29.8 Å². The van der Waals surface area contributed by atoms with Gasteiger partial charge in [0.2, 0.25) is 0 Å².